The highest BCUT2D eigenvalue weighted by molar-refractivity contribution is 5.93. The van der Waals surface area contributed by atoms with Crippen LogP contribution in [0.4, 0.5) is 15.0 Å². The van der Waals surface area contributed by atoms with Crippen molar-refractivity contribution in [2.75, 3.05) is 11.9 Å². The Hall–Kier alpha value is -1.63. The average Bonchev–Trinajstić information content (AvgIpc) is 2.81. The zero-order valence-corrected chi connectivity index (χ0v) is 10.7. The van der Waals surface area contributed by atoms with Crippen molar-refractivity contribution in [3.05, 3.63) is 11.8 Å². The van der Waals surface area contributed by atoms with Gasteiger partial charge >= 0.3 is 6.03 Å². The molecule has 1 saturated heterocycles. The number of carbonyl (C=O) groups is 1. The Kier molecular flexibility index (Phi) is 2.81. The highest BCUT2D eigenvalue weighted by Gasteiger charge is 2.43. The first-order valence-corrected chi connectivity index (χ1v) is 5.63. The Morgan fingerprint density at radius 2 is 2.17 bits per heavy atom. The lowest BCUT2D eigenvalue weighted by atomic mass is 10.1. The molecule has 0 spiro atoms. The first-order valence-electron chi connectivity index (χ1n) is 5.63. The highest BCUT2D eigenvalue weighted by atomic mass is 19.1. The number of aliphatic hydroxyl groups is 1. The Bertz CT molecular complexity index is 468. The van der Waals surface area contributed by atoms with Crippen molar-refractivity contribution in [2.24, 2.45) is 0 Å². The summed E-state index contributed by atoms with van der Waals surface area (Å²) in [5.74, 6) is 0.129. The molecule has 0 bridgehead atoms. The summed E-state index contributed by atoms with van der Waals surface area (Å²) in [6.45, 7) is 4.37. The summed E-state index contributed by atoms with van der Waals surface area (Å²) in [4.78, 5) is 14.4. The van der Waals surface area contributed by atoms with E-state index in [4.69, 9.17) is 4.52 Å². The molecule has 1 aliphatic heterocycles. The van der Waals surface area contributed by atoms with Crippen LogP contribution in [-0.4, -0.2) is 40.5 Å². The highest BCUT2D eigenvalue weighted by Crippen LogP contribution is 2.31. The van der Waals surface area contributed by atoms with Crippen molar-refractivity contribution in [1.29, 1.82) is 0 Å². The van der Waals surface area contributed by atoms with Gasteiger partial charge in [-0.3, -0.25) is 0 Å². The van der Waals surface area contributed by atoms with Gasteiger partial charge in [0.25, 0.3) is 0 Å². The van der Waals surface area contributed by atoms with Gasteiger partial charge in [-0.25, -0.2) is 14.1 Å². The van der Waals surface area contributed by atoms with E-state index in [0.717, 1.165) is 4.90 Å². The third-order valence-electron chi connectivity index (χ3n) is 3.15. The van der Waals surface area contributed by atoms with Crippen LogP contribution in [0.2, 0.25) is 0 Å². The summed E-state index contributed by atoms with van der Waals surface area (Å²) in [5, 5.41) is 13.6. The fourth-order valence-corrected chi connectivity index (χ4v) is 1.77. The van der Waals surface area contributed by atoms with Crippen molar-refractivity contribution < 1.29 is 18.8 Å². The van der Waals surface area contributed by atoms with Crippen molar-refractivity contribution in [1.82, 2.24) is 10.1 Å². The molecule has 0 radical (unpaired) electrons. The van der Waals surface area contributed by atoms with Gasteiger partial charge in [0.1, 0.15) is 0 Å². The van der Waals surface area contributed by atoms with Gasteiger partial charge in [0.2, 0.25) is 0 Å². The molecule has 1 fully saturated rings. The number of aromatic nitrogens is 1. The molecule has 2 amide bonds. The van der Waals surface area contributed by atoms with Crippen LogP contribution in [0, 0.1) is 0 Å². The molecule has 0 aromatic carbocycles. The molecular weight excluding hydrogens is 241 g/mol. The molecule has 1 N–H and O–H groups in total. The molecule has 7 heteroatoms. The summed E-state index contributed by atoms with van der Waals surface area (Å²) in [7, 11) is 1.58. The minimum atomic E-state index is -1.68. The zero-order chi connectivity index (χ0) is 13.7. The maximum Gasteiger partial charge on any atom is 0.328 e. The van der Waals surface area contributed by atoms with Crippen molar-refractivity contribution in [2.45, 2.75) is 38.7 Å². The standard InChI is InChI=1S/C11H16FN3O3/c1-6-9(16)15(10(17)14(6)4)8-5-7(18-13-8)11(2,3)12/h5-6,9,16H,1-4H3. The molecule has 2 atom stereocenters. The van der Waals surface area contributed by atoms with E-state index in [-0.39, 0.29) is 17.6 Å². The van der Waals surface area contributed by atoms with Crippen molar-refractivity contribution in [3.8, 4) is 0 Å². The van der Waals surface area contributed by atoms with E-state index in [1.54, 1.807) is 14.0 Å². The van der Waals surface area contributed by atoms with Crippen LogP contribution in [-0.2, 0) is 5.67 Å². The molecule has 1 aromatic rings. The first-order chi connectivity index (χ1) is 8.23. The van der Waals surface area contributed by atoms with Gasteiger partial charge in [-0.05, 0) is 20.8 Å². The summed E-state index contributed by atoms with van der Waals surface area (Å²) < 4.78 is 18.5. The van der Waals surface area contributed by atoms with E-state index in [9.17, 15) is 14.3 Å². The lowest BCUT2D eigenvalue weighted by Crippen LogP contribution is -2.35. The first kappa shape index (κ1) is 12.8. The van der Waals surface area contributed by atoms with E-state index in [0.29, 0.717) is 0 Å². The third kappa shape index (κ3) is 1.84. The number of hydrogen-bond acceptors (Lipinski definition) is 4. The van der Waals surface area contributed by atoms with Gasteiger partial charge < -0.3 is 14.5 Å². The van der Waals surface area contributed by atoms with Gasteiger partial charge in [-0.15, -0.1) is 0 Å². The van der Waals surface area contributed by atoms with E-state index in [2.05, 4.69) is 5.16 Å². The molecule has 2 rings (SSSR count). The predicted octanol–water partition coefficient (Wildman–Crippen LogP) is 1.46. The van der Waals surface area contributed by atoms with Crippen LogP contribution in [0.1, 0.15) is 26.5 Å². The number of alkyl halides is 1. The van der Waals surface area contributed by atoms with Crippen LogP contribution in [0.25, 0.3) is 0 Å². The Morgan fingerprint density at radius 3 is 2.56 bits per heavy atom. The number of rotatable bonds is 2. The largest absolute Gasteiger partial charge is 0.371 e. The second kappa shape index (κ2) is 3.94. The minimum Gasteiger partial charge on any atom is -0.371 e. The van der Waals surface area contributed by atoms with Crippen molar-refractivity contribution >= 4 is 11.8 Å². The van der Waals surface area contributed by atoms with Crippen LogP contribution in [0.3, 0.4) is 0 Å². The van der Waals surface area contributed by atoms with E-state index in [1.807, 2.05) is 0 Å². The number of carbonyl (C=O) groups excluding carboxylic acids is 1. The van der Waals surface area contributed by atoms with Crippen LogP contribution in [0.15, 0.2) is 10.6 Å². The Labute approximate surface area is 104 Å². The fourth-order valence-electron chi connectivity index (χ4n) is 1.77. The monoisotopic (exact) mass is 257 g/mol. The van der Waals surface area contributed by atoms with Crippen LogP contribution >= 0.6 is 0 Å². The zero-order valence-electron chi connectivity index (χ0n) is 10.7. The second-order valence-corrected chi connectivity index (χ2v) is 4.94. The normalized spacial score (nSPS) is 25.1. The maximum atomic E-state index is 13.7. The quantitative estimate of drug-likeness (QED) is 0.870. The number of halogens is 1. The number of anilines is 1. The smallest absolute Gasteiger partial charge is 0.328 e. The molecule has 2 heterocycles. The molecule has 100 valence electrons. The number of aliphatic hydroxyl groups excluding tert-OH is 1. The van der Waals surface area contributed by atoms with Gasteiger partial charge in [0, 0.05) is 13.1 Å². The molecule has 2 unspecified atom stereocenters. The second-order valence-electron chi connectivity index (χ2n) is 4.94. The predicted molar refractivity (Wildman–Crippen MR) is 61.7 cm³/mol. The molecule has 0 aliphatic carbocycles. The molecule has 0 saturated carbocycles. The number of hydrogen-bond donors (Lipinski definition) is 1. The van der Waals surface area contributed by atoms with Gasteiger partial charge in [0.05, 0.1) is 6.04 Å². The van der Waals surface area contributed by atoms with Crippen molar-refractivity contribution in [3.63, 3.8) is 0 Å². The van der Waals surface area contributed by atoms with E-state index < -0.39 is 17.9 Å². The molecular formula is C11H16FN3O3. The fraction of sp³-hybridized carbons (Fsp3) is 0.636. The number of nitrogens with zero attached hydrogens (tertiary/aromatic N) is 3. The van der Waals surface area contributed by atoms with Crippen LogP contribution in [0.5, 0.6) is 0 Å². The maximum absolute atomic E-state index is 13.7. The number of amides is 2. The minimum absolute atomic E-state index is 0.0136. The number of likely N-dealkylation sites (N-methyl/N-ethyl adjacent to an activating group) is 1. The van der Waals surface area contributed by atoms with Gasteiger partial charge in [-0.2, -0.15) is 0 Å². The summed E-state index contributed by atoms with van der Waals surface area (Å²) in [5.41, 5.74) is -1.68. The SMILES string of the molecule is CC1C(O)N(c2cc(C(C)(C)F)on2)C(=O)N1C. The third-order valence-corrected chi connectivity index (χ3v) is 3.15. The molecule has 6 nitrogen and oxygen atoms in total. The molecule has 18 heavy (non-hydrogen) atoms. The van der Waals surface area contributed by atoms with E-state index in [1.165, 1.54) is 24.8 Å². The summed E-state index contributed by atoms with van der Waals surface area (Å²) in [6.07, 6.45) is -1.02. The number of urea groups is 1. The van der Waals surface area contributed by atoms with Gasteiger partial charge in [0.15, 0.2) is 23.5 Å². The Morgan fingerprint density at radius 1 is 1.56 bits per heavy atom. The van der Waals surface area contributed by atoms with Gasteiger partial charge in [-0.1, -0.05) is 5.16 Å². The molecule has 1 aromatic heterocycles. The Balaban J connectivity index is 2.33. The lowest BCUT2D eigenvalue weighted by molar-refractivity contribution is 0.137. The lowest BCUT2D eigenvalue weighted by Gasteiger charge is -2.16. The van der Waals surface area contributed by atoms with E-state index >= 15 is 0 Å². The summed E-state index contributed by atoms with van der Waals surface area (Å²) >= 11 is 0. The molecule has 1 aliphatic rings. The summed E-state index contributed by atoms with van der Waals surface area (Å²) in [6, 6.07) is 0.565. The average molecular weight is 257 g/mol. The van der Waals surface area contributed by atoms with Crippen LogP contribution < -0.4 is 4.90 Å². The topological polar surface area (TPSA) is 69.8 Å².